The molecule has 1 aromatic heterocycles. The van der Waals surface area contributed by atoms with Crippen LogP contribution in [0.25, 0.3) is 11.0 Å². The highest BCUT2D eigenvalue weighted by molar-refractivity contribution is 7.89. The van der Waals surface area contributed by atoms with Crippen molar-refractivity contribution in [3.8, 4) is 0 Å². The number of fused-ring (bicyclic) bond motifs is 1. The number of para-hydroxylation sites is 2. The summed E-state index contributed by atoms with van der Waals surface area (Å²) in [7, 11) is -3.61. The number of nitrogens with zero attached hydrogens (tertiary/aromatic N) is 4. The first-order chi connectivity index (χ1) is 15.2. The van der Waals surface area contributed by atoms with Crippen molar-refractivity contribution in [2.24, 2.45) is 0 Å². The van der Waals surface area contributed by atoms with Gasteiger partial charge in [0.1, 0.15) is 6.54 Å². The molecule has 170 valence electrons. The highest BCUT2D eigenvalue weighted by atomic mass is 32.2. The third-order valence-electron chi connectivity index (χ3n) is 6.24. The van der Waals surface area contributed by atoms with Crippen LogP contribution >= 0.6 is 0 Å². The zero-order valence-electron chi connectivity index (χ0n) is 18.6. The van der Waals surface area contributed by atoms with E-state index in [1.807, 2.05) is 51.1 Å². The Kier molecular flexibility index (Phi) is 5.96. The van der Waals surface area contributed by atoms with Gasteiger partial charge in [0.15, 0.2) is 0 Å². The maximum absolute atomic E-state index is 13.0. The largest absolute Gasteiger partial charge is 0.338 e. The minimum absolute atomic E-state index is 0.0593. The summed E-state index contributed by atoms with van der Waals surface area (Å²) in [6.45, 7) is 7.25. The van der Waals surface area contributed by atoms with Gasteiger partial charge in [0.25, 0.3) is 0 Å². The van der Waals surface area contributed by atoms with Crippen LogP contribution < -0.4 is 5.69 Å². The van der Waals surface area contributed by atoms with Crippen molar-refractivity contribution >= 4 is 27.0 Å². The molecule has 0 unspecified atom stereocenters. The van der Waals surface area contributed by atoms with Crippen LogP contribution in [-0.2, 0) is 27.9 Å². The number of hydrogen-bond donors (Lipinski definition) is 0. The molecular formula is C23H28N4O4S. The molecule has 0 spiro atoms. The van der Waals surface area contributed by atoms with Crippen molar-refractivity contribution < 1.29 is 13.2 Å². The molecule has 1 amide bonds. The number of sulfonamides is 1. The normalized spacial score (nSPS) is 15.4. The molecule has 3 aromatic rings. The van der Waals surface area contributed by atoms with Crippen LogP contribution in [0.2, 0.25) is 0 Å². The van der Waals surface area contributed by atoms with E-state index in [1.54, 1.807) is 21.6 Å². The maximum atomic E-state index is 13.0. The molecular weight excluding hydrogens is 428 g/mol. The van der Waals surface area contributed by atoms with Gasteiger partial charge in [0.2, 0.25) is 15.9 Å². The van der Waals surface area contributed by atoms with Crippen LogP contribution in [0, 0.1) is 13.8 Å². The van der Waals surface area contributed by atoms with Gasteiger partial charge in [-0.3, -0.25) is 13.9 Å². The number of imidazole rings is 1. The molecule has 0 radical (unpaired) electrons. The van der Waals surface area contributed by atoms with Crippen LogP contribution in [0.3, 0.4) is 0 Å². The van der Waals surface area contributed by atoms with E-state index in [-0.39, 0.29) is 36.1 Å². The van der Waals surface area contributed by atoms with Gasteiger partial charge >= 0.3 is 5.69 Å². The lowest BCUT2D eigenvalue weighted by Crippen LogP contribution is -2.51. The molecule has 0 bridgehead atoms. The number of aromatic nitrogens is 2. The number of carbonyl (C=O) groups is 1. The summed E-state index contributed by atoms with van der Waals surface area (Å²) in [4.78, 5) is 27.7. The molecule has 8 nitrogen and oxygen atoms in total. The van der Waals surface area contributed by atoms with Gasteiger partial charge in [-0.2, -0.15) is 4.31 Å². The average molecular weight is 457 g/mol. The summed E-state index contributed by atoms with van der Waals surface area (Å²) in [5.41, 5.74) is 3.29. The maximum Gasteiger partial charge on any atom is 0.329 e. The molecule has 0 atom stereocenters. The predicted octanol–water partition coefficient (Wildman–Crippen LogP) is 1.97. The SMILES string of the molecule is CCn1c(=O)n(CC(=O)N2CCN(S(=O)(=O)c3ccc(C)c(C)c3)CC2)c2ccccc21. The summed E-state index contributed by atoms with van der Waals surface area (Å²) >= 11 is 0. The van der Waals surface area contributed by atoms with Crippen molar-refractivity contribution in [3.63, 3.8) is 0 Å². The molecule has 32 heavy (non-hydrogen) atoms. The molecule has 4 rings (SSSR count). The van der Waals surface area contributed by atoms with Gasteiger partial charge in [-0.15, -0.1) is 0 Å². The number of carbonyl (C=O) groups excluding carboxylic acids is 1. The Morgan fingerprint density at radius 3 is 2.12 bits per heavy atom. The van der Waals surface area contributed by atoms with E-state index >= 15 is 0 Å². The smallest absolute Gasteiger partial charge is 0.329 e. The Morgan fingerprint density at radius 2 is 1.53 bits per heavy atom. The second-order valence-corrected chi connectivity index (χ2v) is 10.1. The fourth-order valence-electron chi connectivity index (χ4n) is 4.17. The van der Waals surface area contributed by atoms with E-state index in [1.165, 1.54) is 8.87 Å². The van der Waals surface area contributed by atoms with E-state index in [2.05, 4.69) is 0 Å². The Morgan fingerprint density at radius 1 is 0.906 bits per heavy atom. The average Bonchev–Trinajstić information content (AvgIpc) is 3.06. The van der Waals surface area contributed by atoms with Gasteiger partial charge in [-0.05, 0) is 56.2 Å². The molecule has 1 aliphatic heterocycles. The summed E-state index contributed by atoms with van der Waals surface area (Å²) in [5, 5.41) is 0. The van der Waals surface area contributed by atoms with Gasteiger partial charge < -0.3 is 4.90 Å². The van der Waals surface area contributed by atoms with Crippen LogP contribution in [-0.4, -0.2) is 58.8 Å². The second kappa shape index (κ2) is 8.55. The monoisotopic (exact) mass is 456 g/mol. The van der Waals surface area contributed by atoms with Gasteiger partial charge in [-0.25, -0.2) is 13.2 Å². The number of piperazine rings is 1. The third kappa shape index (κ3) is 3.86. The fourth-order valence-corrected chi connectivity index (χ4v) is 5.68. The van der Waals surface area contributed by atoms with Gasteiger partial charge in [0.05, 0.1) is 15.9 Å². The quantitative estimate of drug-likeness (QED) is 0.588. The van der Waals surface area contributed by atoms with E-state index < -0.39 is 10.0 Å². The first-order valence-electron chi connectivity index (χ1n) is 10.8. The topological polar surface area (TPSA) is 84.6 Å². The van der Waals surface area contributed by atoms with Crippen LogP contribution in [0.4, 0.5) is 0 Å². The van der Waals surface area contributed by atoms with Gasteiger partial charge in [-0.1, -0.05) is 18.2 Å². The first-order valence-corrected chi connectivity index (χ1v) is 12.2. The number of aryl methyl sites for hydroxylation is 3. The molecule has 0 saturated carbocycles. The molecule has 1 aliphatic rings. The highest BCUT2D eigenvalue weighted by Crippen LogP contribution is 2.21. The minimum Gasteiger partial charge on any atom is -0.338 e. The van der Waals surface area contributed by atoms with E-state index in [0.29, 0.717) is 19.6 Å². The van der Waals surface area contributed by atoms with Gasteiger partial charge in [0, 0.05) is 32.7 Å². The van der Waals surface area contributed by atoms with Crippen LogP contribution in [0.1, 0.15) is 18.1 Å². The van der Waals surface area contributed by atoms with E-state index in [4.69, 9.17) is 0 Å². The number of benzene rings is 2. The molecule has 2 aromatic carbocycles. The molecule has 9 heteroatoms. The van der Waals surface area contributed by atoms with E-state index in [0.717, 1.165) is 22.2 Å². The zero-order valence-corrected chi connectivity index (χ0v) is 19.4. The Bertz CT molecular complexity index is 1330. The van der Waals surface area contributed by atoms with Crippen LogP contribution in [0.15, 0.2) is 52.2 Å². The van der Waals surface area contributed by atoms with Crippen molar-refractivity contribution in [2.45, 2.75) is 38.8 Å². The Labute approximate surface area is 187 Å². The lowest BCUT2D eigenvalue weighted by Gasteiger charge is -2.34. The van der Waals surface area contributed by atoms with Crippen molar-refractivity contribution in [1.29, 1.82) is 0 Å². The number of amides is 1. The highest BCUT2D eigenvalue weighted by Gasteiger charge is 2.30. The molecule has 1 fully saturated rings. The molecule has 1 saturated heterocycles. The van der Waals surface area contributed by atoms with Crippen molar-refractivity contribution in [2.75, 3.05) is 26.2 Å². The Hall–Kier alpha value is -2.91. The predicted molar refractivity (Wildman–Crippen MR) is 123 cm³/mol. The summed E-state index contributed by atoms with van der Waals surface area (Å²) in [5.74, 6) is -0.186. The molecule has 0 N–H and O–H groups in total. The van der Waals surface area contributed by atoms with E-state index in [9.17, 15) is 18.0 Å². The third-order valence-corrected chi connectivity index (χ3v) is 8.14. The number of rotatable bonds is 5. The minimum atomic E-state index is -3.61. The van der Waals surface area contributed by atoms with Crippen molar-refractivity contribution in [3.05, 3.63) is 64.1 Å². The molecule has 0 aliphatic carbocycles. The standard InChI is InChI=1S/C23H28N4O4S/c1-4-26-20-7-5-6-8-21(20)27(23(26)29)16-22(28)24-11-13-25(14-12-24)32(30,31)19-10-9-17(2)18(3)15-19/h5-10,15H,4,11-14,16H2,1-3H3. The zero-order chi connectivity index (χ0) is 23.0. The number of hydrogen-bond acceptors (Lipinski definition) is 4. The lowest BCUT2D eigenvalue weighted by molar-refractivity contribution is -0.133. The van der Waals surface area contributed by atoms with Crippen molar-refractivity contribution in [1.82, 2.24) is 18.3 Å². The summed E-state index contributed by atoms with van der Waals surface area (Å²) < 4.78 is 30.6. The molecule has 2 heterocycles. The first kappa shape index (κ1) is 22.3. The fraction of sp³-hybridized carbons (Fsp3) is 0.391. The summed E-state index contributed by atoms with van der Waals surface area (Å²) in [6, 6.07) is 12.6. The summed E-state index contributed by atoms with van der Waals surface area (Å²) in [6.07, 6.45) is 0. The second-order valence-electron chi connectivity index (χ2n) is 8.13. The lowest BCUT2D eigenvalue weighted by atomic mass is 10.1. The van der Waals surface area contributed by atoms with Crippen LogP contribution in [0.5, 0.6) is 0 Å². The Balaban J connectivity index is 1.48.